The standard InChI is InChI=1S/C24H32N2O4S/c1-3-4-8-21(16-18-7-5-11-22(17-18)30-2)25-24(27)19-12-14-23(15-13-19)31(28,29)26-20-9-6-10-20/h5,7,11-15,17,20-21,26H,3-4,6,8-10,16H2,1-2H3,(H,25,27). The minimum absolute atomic E-state index is 0.0109. The topological polar surface area (TPSA) is 84.5 Å². The van der Waals surface area contributed by atoms with E-state index < -0.39 is 10.0 Å². The van der Waals surface area contributed by atoms with Crippen molar-refractivity contribution in [1.82, 2.24) is 10.0 Å². The van der Waals surface area contributed by atoms with Crippen LogP contribution in [0.15, 0.2) is 53.4 Å². The summed E-state index contributed by atoms with van der Waals surface area (Å²) < 4.78 is 32.9. The molecule has 3 rings (SSSR count). The van der Waals surface area contributed by atoms with Crippen LogP contribution in [0.1, 0.15) is 61.4 Å². The lowest BCUT2D eigenvalue weighted by molar-refractivity contribution is 0.0934. The summed E-state index contributed by atoms with van der Waals surface area (Å²) in [5.74, 6) is 0.602. The van der Waals surface area contributed by atoms with Crippen molar-refractivity contribution in [2.75, 3.05) is 7.11 Å². The maximum absolute atomic E-state index is 12.8. The molecule has 1 aliphatic carbocycles. The Hall–Kier alpha value is -2.38. The summed E-state index contributed by atoms with van der Waals surface area (Å²) >= 11 is 0. The first kappa shape index (κ1) is 23.3. The number of nitrogens with one attached hydrogen (secondary N) is 2. The molecule has 2 N–H and O–H groups in total. The van der Waals surface area contributed by atoms with E-state index in [-0.39, 0.29) is 22.9 Å². The molecule has 0 aliphatic heterocycles. The van der Waals surface area contributed by atoms with Gasteiger partial charge in [0.1, 0.15) is 5.75 Å². The predicted molar refractivity (Wildman–Crippen MR) is 122 cm³/mol. The number of benzene rings is 2. The highest BCUT2D eigenvalue weighted by molar-refractivity contribution is 7.89. The average Bonchev–Trinajstić information content (AvgIpc) is 2.75. The second-order valence-corrected chi connectivity index (χ2v) is 9.86. The molecule has 0 bridgehead atoms. The molecule has 2 aromatic rings. The molecule has 168 valence electrons. The minimum atomic E-state index is -3.54. The Kier molecular flexibility index (Phi) is 8.09. The summed E-state index contributed by atoms with van der Waals surface area (Å²) in [6, 6.07) is 14.0. The van der Waals surface area contributed by atoms with Gasteiger partial charge in [-0.15, -0.1) is 0 Å². The molecule has 1 fully saturated rings. The molecular formula is C24H32N2O4S. The minimum Gasteiger partial charge on any atom is -0.497 e. The molecule has 31 heavy (non-hydrogen) atoms. The Morgan fingerprint density at radius 1 is 1.16 bits per heavy atom. The first-order valence-electron chi connectivity index (χ1n) is 11.0. The van der Waals surface area contributed by atoms with Crippen LogP contribution in [0.25, 0.3) is 0 Å². The highest BCUT2D eigenvalue weighted by Crippen LogP contribution is 2.21. The van der Waals surface area contributed by atoms with Crippen molar-refractivity contribution >= 4 is 15.9 Å². The Morgan fingerprint density at radius 3 is 2.52 bits per heavy atom. The van der Waals surface area contributed by atoms with Crippen molar-refractivity contribution in [3.8, 4) is 5.75 Å². The molecule has 1 atom stereocenters. The fourth-order valence-electron chi connectivity index (χ4n) is 3.63. The Balaban J connectivity index is 1.66. The largest absolute Gasteiger partial charge is 0.497 e. The number of ether oxygens (including phenoxy) is 1. The smallest absolute Gasteiger partial charge is 0.251 e. The summed E-state index contributed by atoms with van der Waals surface area (Å²) in [5.41, 5.74) is 1.55. The summed E-state index contributed by atoms with van der Waals surface area (Å²) in [5, 5.41) is 3.12. The molecule has 1 amide bonds. The molecule has 0 spiro atoms. The van der Waals surface area contributed by atoms with Crippen molar-refractivity contribution in [2.24, 2.45) is 0 Å². The summed E-state index contributed by atoms with van der Waals surface area (Å²) in [6.45, 7) is 2.13. The Morgan fingerprint density at radius 2 is 1.90 bits per heavy atom. The molecule has 6 nitrogen and oxygen atoms in total. The van der Waals surface area contributed by atoms with Crippen LogP contribution in [0.4, 0.5) is 0 Å². The quantitative estimate of drug-likeness (QED) is 0.547. The number of sulfonamides is 1. The van der Waals surface area contributed by atoms with Crippen molar-refractivity contribution in [3.05, 3.63) is 59.7 Å². The Labute approximate surface area is 185 Å². The zero-order valence-electron chi connectivity index (χ0n) is 18.3. The van der Waals surface area contributed by atoms with E-state index in [1.54, 1.807) is 19.2 Å². The van der Waals surface area contributed by atoms with E-state index in [9.17, 15) is 13.2 Å². The second kappa shape index (κ2) is 10.8. The van der Waals surface area contributed by atoms with Crippen LogP contribution >= 0.6 is 0 Å². The SMILES string of the molecule is CCCCC(Cc1cccc(OC)c1)NC(=O)c1ccc(S(=O)(=O)NC2CCC2)cc1. The lowest BCUT2D eigenvalue weighted by atomic mass is 9.94. The van der Waals surface area contributed by atoms with Crippen LogP contribution in [0, 0.1) is 0 Å². The third kappa shape index (κ3) is 6.55. The van der Waals surface area contributed by atoms with Gasteiger partial charge in [0.05, 0.1) is 12.0 Å². The highest BCUT2D eigenvalue weighted by Gasteiger charge is 2.25. The van der Waals surface area contributed by atoms with E-state index in [0.717, 1.165) is 49.8 Å². The molecule has 0 aromatic heterocycles. The van der Waals surface area contributed by atoms with Gasteiger partial charge in [0.2, 0.25) is 10.0 Å². The van der Waals surface area contributed by atoms with Crippen molar-refractivity contribution in [2.45, 2.75) is 68.8 Å². The number of rotatable bonds is 11. The number of carbonyl (C=O) groups excluding carboxylic acids is 1. The molecule has 7 heteroatoms. The first-order valence-corrected chi connectivity index (χ1v) is 12.5. The lowest BCUT2D eigenvalue weighted by Crippen LogP contribution is -2.39. The van der Waals surface area contributed by atoms with Crippen molar-refractivity contribution < 1.29 is 17.9 Å². The van der Waals surface area contributed by atoms with Gasteiger partial charge in [-0.3, -0.25) is 4.79 Å². The zero-order chi connectivity index (χ0) is 22.3. The van der Waals surface area contributed by atoms with Gasteiger partial charge in [0.15, 0.2) is 0 Å². The average molecular weight is 445 g/mol. The molecule has 0 heterocycles. The molecule has 0 radical (unpaired) electrons. The molecular weight excluding hydrogens is 412 g/mol. The van der Waals surface area contributed by atoms with E-state index >= 15 is 0 Å². The van der Waals surface area contributed by atoms with Gasteiger partial charge in [0, 0.05) is 17.6 Å². The van der Waals surface area contributed by atoms with Gasteiger partial charge in [0.25, 0.3) is 5.91 Å². The molecule has 2 aromatic carbocycles. The van der Waals surface area contributed by atoms with Crippen LogP contribution < -0.4 is 14.8 Å². The fourth-order valence-corrected chi connectivity index (χ4v) is 4.93. The third-order valence-corrected chi connectivity index (χ3v) is 7.25. The zero-order valence-corrected chi connectivity index (χ0v) is 19.1. The van der Waals surface area contributed by atoms with Gasteiger partial charge in [-0.2, -0.15) is 0 Å². The summed E-state index contributed by atoms with van der Waals surface area (Å²) in [6.07, 6.45) is 6.46. The number of unbranched alkanes of at least 4 members (excludes halogenated alkanes) is 1. The van der Waals surface area contributed by atoms with E-state index in [0.29, 0.717) is 12.0 Å². The lowest BCUT2D eigenvalue weighted by Gasteiger charge is -2.26. The van der Waals surface area contributed by atoms with Gasteiger partial charge in [-0.1, -0.05) is 38.3 Å². The van der Waals surface area contributed by atoms with Crippen LogP contribution in [-0.4, -0.2) is 33.5 Å². The molecule has 0 saturated heterocycles. The molecule has 1 unspecified atom stereocenters. The number of hydrogen-bond acceptors (Lipinski definition) is 4. The van der Waals surface area contributed by atoms with Gasteiger partial charge in [-0.05, 0) is 67.6 Å². The third-order valence-electron chi connectivity index (χ3n) is 5.71. The first-order chi connectivity index (χ1) is 14.9. The normalized spacial score (nSPS) is 15.2. The van der Waals surface area contributed by atoms with Crippen LogP contribution in [0.2, 0.25) is 0 Å². The van der Waals surface area contributed by atoms with Crippen molar-refractivity contribution in [1.29, 1.82) is 0 Å². The van der Waals surface area contributed by atoms with E-state index in [1.807, 2.05) is 24.3 Å². The maximum Gasteiger partial charge on any atom is 0.251 e. The number of hydrogen-bond donors (Lipinski definition) is 2. The monoisotopic (exact) mass is 444 g/mol. The van der Waals surface area contributed by atoms with Crippen LogP contribution in [-0.2, 0) is 16.4 Å². The van der Waals surface area contributed by atoms with Crippen molar-refractivity contribution in [3.63, 3.8) is 0 Å². The van der Waals surface area contributed by atoms with E-state index in [2.05, 4.69) is 17.0 Å². The van der Waals surface area contributed by atoms with E-state index in [4.69, 9.17) is 4.74 Å². The van der Waals surface area contributed by atoms with E-state index in [1.165, 1.54) is 12.1 Å². The van der Waals surface area contributed by atoms with Crippen LogP contribution in [0.5, 0.6) is 5.75 Å². The summed E-state index contributed by atoms with van der Waals surface area (Å²) in [7, 11) is -1.90. The number of carbonyl (C=O) groups is 1. The molecule has 1 aliphatic rings. The second-order valence-electron chi connectivity index (χ2n) is 8.14. The fraction of sp³-hybridized carbons (Fsp3) is 0.458. The maximum atomic E-state index is 12.8. The van der Waals surface area contributed by atoms with Gasteiger partial charge in [-0.25, -0.2) is 13.1 Å². The predicted octanol–water partition coefficient (Wildman–Crippen LogP) is 4.06. The molecule has 1 saturated carbocycles. The van der Waals surface area contributed by atoms with Gasteiger partial charge >= 0.3 is 0 Å². The van der Waals surface area contributed by atoms with Gasteiger partial charge < -0.3 is 10.1 Å². The number of amides is 1. The highest BCUT2D eigenvalue weighted by atomic mass is 32.2. The van der Waals surface area contributed by atoms with Crippen LogP contribution in [0.3, 0.4) is 0 Å². The summed E-state index contributed by atoms with van der Waals surface area (Å²) in [4.78, 5) is 13.0. The number of methoxy groups -OCH3 is 1. The Bertz CT molecular complexity index is 969.